The smallest absolute Gasteiger partial charge is 0.114 e. The van der Waals surface area contributed by atoms with E-state index in [0.29, 0.717) is 0 Å². The maximum absolute atomic E-state index is 6.00. The molecule has 2 aromatic heterocycles. The van der Waals surface area contributed by atoms with Crippen LogP contribution in [0.5, 0.6) is 0 Å². The summed E-state index contributed by atoms with van der Waals surface area (Å²) in [6.07, 6.45) is 4.35. The van der Waals surface area contributed by atoms with Gasteiger partial charge in [0.2, 0.25) is 0 Å². The molecule has 0 atom stereocenters. The second-order valence-corrected chi connectivity index (χ2v) is 4.51. The molecule has 0 saturated heterocycles. The molecule has 0 aliphatic rings. The van der Waals surface area contributed by atoms with E-state index in [1.54, 1.807) is 12.4 Å². The van der Waals surface area contributed by atoms with Crippen molar-refractivity contribution >= 4 is 16.7 Å². The summed E-state index contributed by atoms with van der Waals surface area (Å²) in [6, 6.07) is 9.93. The van der Waals surface area contributed by atoms with Crippen LogP contribution in [0.3, 0.4) is 0 Å². The molecule has 96 valence electrons. The molecular formula is C15H16N4. The molecule has 0 radical (unpaired) electrons. The third-order valence-corrected chi connectivity index (χ3v) is 3.35. The van der Waals surface area contributed by atoms with Crippen LogP contribution < -0.4 is 5.73 Å². The highest BCUT2D eigenvalue weighted by molar-refractivity contribution is 5.74. The van der Waals surface area contributed by atoms with Gasteiger partial charge in [-0.15, -0.1) is 0 Å². The summed E-state index contributed by atoms with van der Waals surface area (Å²) in [4.78, 5) is 8.79. The predicted octanol–water partition coefficient (Wildman–Crippen LogP) is 2.62. The van der Waals surface area contributed by atoms with Gasteiger partial charge in [-0.05, 0) is 24.6 Å². The SMILES string of the molecule is CCn1c(Cc2ccccc2N)nc2cnccc21. The fraction of sp³-hybridized carbons (Fsp3) is 0.200. The number of imidazole rings is 1. The van der Waals surface area contributed by atoms with Crippen LogP contribution in [0.1, 0.15) is 18.3 Å². The molecule has 0 aliphatic carbocycles. The quantitative estimate of drug-likeness (QED) is 0.729. The van der Waals surface area contributed by atoms with E-state index in [-0.39, 0.29) is 0 Å². The maximum Gasteiger partial charge on any atom is 0.114 e. The van der Waals surface area contributed by atoms with E-state index in [0.717, 1.165) is 41.1 Å². The van der Waals surface area contributed by atoms with Crippen molar-refractivity contribution in [3.05, 3.63) is 54.1 Å². The molecule has 4 nitrogen and oxygen atoms in total. The number of rotatable bonds is 3. The number of aryl methyl sites for hydroxylation is 1. The van der Waals surface area contributed by atoms with Gasteiger partial charge in [-0.25, -0.2) is 4.98 Å². The first-order valence-corrected chi connectivity index (χ1v) is 6.42. The van der Waals surface area contributed by atoms with Crippen molar-refractivity contribution in [2.45, 2.75) is 19.9 Å². The lowest BCUT2D eigenvalue weighted by Crippen LogP contribution is -2.04. The fourth-order valence-corrected chi connectivity index (χ4v) is 2.38. The summed E-state index contributed by atoms with van der Waals surface area (Å²) in [7, 11) is 0. The van der Waals surface area contributed by atoms with Gasteiger partial charge in [-0.3, -0.25) is 4.98 Å². The first kappa shape index (κ1) is 11.7. The summed E-state index contributed by atoms with van der Waals surface area (Å²) in [5.41, 5.74) is 10.00. The van der Waals surface area contributed by atoms with Gasteiger partial charge in [-0.1, -0.05) is 18.2 Å². The van der Waals surface area contributed by atoms with E-state index in [2.05, 4.69) is 21.5 Å². The summed E-state index contributed by atoms with van der Waals surface area (Å²) in [5.74, 6) is 1.03. The van der Waals surface area contributed by atoms with Crippen LogP contribution >= 0.6 is 0 Å². The van der Waals surface area contributed by atoms with E-state index >= 15 is 0 Å². The van der Waals surface area contributed by atoms with Crippen LogP contribution in [0.4, 0.5) is 5.69 Å². The molecule has 0 bridgehead atoms. The zero-order chi connectivity index (χ0) is 13.2. The highest BCUT2D eigenvalue weighted by Gasteiger charge is 2.10. The van der Waals surface area contributed by atoms with Gasteiger partial charge in [0.1, 0.15) is 11.3 Å². The van der Waals surface area contributed by atoms with Crippen LogP contribution in [0, 0.1) is 0 Å². The van der Waals surface area contributed by atoms with Crippen LogP contribution in [-0.2, 0) is 13.0 Å². The molecule has 0 aliphatic heterocycles. The topological polar surface area (TPSA) is 56.7 Å². The standard InChI is InChI=1S/C15H16N4/c1-2-19-14-7-8-17-10-13(14)18-15(19)9-11-5-3-4-6-12(11)16/h3-8,10H,2,9,16H2,1H3. The number of anilines is 1. The highest BCUT2D eigenvalue weighted by atomic mass is 15.1. The molecule has 2 heterocycles. The molecule has 0 saturated carbocycles. The summed E-state index contributed by atoms with van der Waals surface area (Å²) in [5, 5.41) is 0. The third kappa shape index (κ3) is 2.05. The Morgan fingerprint density at radius 2 is 2.05 bits per heavy atom. The van der Waals surface area contributed by atoms with Gasteiger partial charge < -0.3 is 10.3 Å². The monoisotopic (exact) mass is 252 g/mol. The Morgan fingerprint density at radius 1 is 1.21 bits per heavy atom. The van der Waals surface area contributed by atoms with Crippen molar-refractivity contribution < 1.29 is 0 Å². The van der Waals surface area contributed by atoms with Crippen molar-refractivity contribution in [1.29, 1.82) is 0 Å². The zero-order valence-electron chi connectivity index (χ0n) is 10.9. The number of hydrogen-bond donors (Lipinski definition) is 1. The van der Waals surface area contributed by atoms with E-state index in [1.165, 1.54) is 0 Å². The number of fused-ring (bicyclic) bond motifs is 1. The van der Waals surface area contributed by atoms with E-state index in [9.17, 15) is 0 Å². The number of nitrogens with two attached hydrogens (primary N) is 1. The fourth-order valence-electron chi connectivity index (χ4n) is 2.38. The first-order chi connectivity index (χ1) is 9.29. The van der Waals surface area contributed by atoms with Gasteiger partial charge in [0, 0.05) is 24.8 Å². The highest BCUT2D eigenvalue weighted by Crippen LogP contribution is 2.20. The van der Waals surface area contributed by atoms with Crippen molar-refractivity contribution in [2.75, 3.05) is 5.73 Å². The van der Waals surface area contributed by atoms with Gasteiger partial charge in [0.05, 0.1) is 11.7 Å². The zero-order valence-corrected chi connectivity index (χ0v) is 10.9. The number of benzene rings is 1. The number of para-hydroxylation sites is 1. The lowest BCUT2D eigenvalue weighted by molar-refractivity contribution is 0.734. The molecule has 2 N–H and O–H groups in total. The molecule has 0 unspecified atom stereocenters. The van der Waals surface area contributed by atoms with Crippen molar-refractivity contribution in [1.82, 2.24) is 14.5 Å². The Labute approximate surface area is 111 Å². The molecule has 4 heteroatoms. The Balaban J connectivity index is 2.08. The molecular weight excluding hydrogens is 236 g/mol. The average molecular weight is 252 g/mol. The Kier molecular flexibility index (Phi) is 2.91. The minimum atomic E-state index is 0.745. The molecule has 1 aromatic carbocycles. The van der Waals surface area contributed by atoms with Crippen LogP contribution in [0.25, 0.3) is 11.0 Å². The number of nitrogen functional groups attached to an aromatic ring is 1. The number of hydrogen-bond acceptors (Lipinski definition) is 3. The number of nitrogens with zero attached hydrogens (tertiary/aromatic N) is 3. The molecule has 0 fully saturated rings. The first-order valence-electron chi connectivity index (χ1n) is 6.42. The van der Waals surface area contributed by atoms with Gasteiger partial charge in [0.15, 0.2) is 0 Å². The van der Waals surface area contributed by atoms with Crippen molar-refractivity contribution in [3.63, 3.8) is 0 Å². The summed E-state index contributed by atoms with van der Waals surface area (Å²) in [6.45, 7) is 3.02. The van der Waals surface area contributed by atoms with Gasteiger partial charge in [-0.2, -0.15) is 0 Å². The largest absolute Gasteiger partial charge is 0.398 e. The second kappa shape index (κ2) is 4.72. The second-order valence-electron chi connectivity index (χ2n) is 4.51. The Bertz CT molecular complexity index is 715. The molecule has 0 spiro atoms. The van der Waals surface area contributed by atoms with Crippen LogP contribution in [0.15, 0.2) is 42.7 Å². The van der Waals surface area contributed by atoms with Gasteiger partial charge >= 0.3 is 0 Å². The maximum atomic E-state index is 6.00. The molecule has 3 rings (SSSR count). The minimum Gasteiger partial charge on any atom is -0.398 e. The molecule has 19 heavy (non-hydrogen) atoms. The molecule has 3 aromatic rings. The minimum absolute atomic E-state index is 0.745. The van der Waals surface area contributed by atoms with Crippen LogP contribution in [0.2, 0.25) is 0 Å². The number of aromatic nitrogens is 3. The van der Waals surface area contributed by atoms with E-state index in [1.807, 2.05) is 30.3 Å². The summed E-state index contributed by atoms with van der Waals surface area (Å²) < 4.78 is 2.21. The third-order valence-electron chi connectivity index (χ3n) is 3.35. The molecule has 0 amide bonds. The summed E-state index contributed by atoms with van der Waals surface area (Å²) >= 11 is 0. The van der Waals surface area contributed by atoms with Crippen molar-refractivity contribution in [3.8, 4) is 0 Å². The number of pyridine rings is 1. The lowest BCUT2D eigenvalue weighted by Gasteiger charge is -2.07. The predicted molar refractivity (Wildman–Crippen MR) is 76.9 cm³/mol. The Hall–Kier alpha value is -2.36. The normalized spacial score (nSPS) is 11.0. The average Bonchev–Trinajstić information content (AvgIpc) is 2.78. The van der Waals surface area contributed by atoms with Crippen molar-refractivity contribution in [2.24, 2.45) is 0 Å². The van der Waals surface area contributed by atoms with Crippen LogP contribution in [-0.4, -0.2) is 14.5 Å². The van der Waals surface area contributed by atoms with E-state index < -0.39 is 0 Å². The Morgan fingerprint density at radius 3 is 2.84 bits per heavy atom. The van der Waals surface area contributed by atoms with Gasteiger partial charge in [0.25, 0.3) is 0 Å². The van der Waals surface area contributed by atoms with E-state index in [4.69, 9.17) is 5.73 Å². The lowest BCUT2D eigenvalue weighted by atomic mass is 10.1.